The molecule has 7 aromatic rings. The SMILES string of the molecule is CC(CN)N(C)c1c(N2C[C@H](CCCB(O)O)[C@](N)(C(=O)O)C2)c(=O)c1=O.CC1(Nc2c(N3C[C@H](CCCB(O)O)[C@](N)(C(=O)O)C3)c(=O)c2=O)CCC1.CN(c1c(N2C[C@H](CCCB(O)O)[C@](N)(C(=O)O)C2)c(=O)c1=O)C1(CN)CC1.CN(c1ccn[nH]1)c1c(N2C[C@H](CCCB(O)O)[C@](N)(C(=O)O)C2)c(=O)c1=O.CN(c1ncc[nH]1)c1c(N2C[C@H](CCCB(O)O)[C@](N)(C(=O)O)C2)c(=O)c1=O. The van der Waals surface area contributed by atoms with Crippen LogP contribution in [0.2, 0.25) is 31.6 Å². The van der Waals surface area contributed by atoms with Crippen LogP contribution in [0, 0.1) is 29.6 Å². The second kappa shape index (κ2) is 43.3. The van der Waals surface area contributed by atoms with Gasteiger partial charge < -0.3 is 170 Å². The molecular weight excluding hydrogens is 1810 g/mol. The molecule has 0 spiro atoms. The topological polar surface area (TPSA) is 840 Å². The largest absolute Gasteiger partial charge is 0.480 e. The summed E-state index contributed by atoms with van der Waals surface area (Å²) in [5.74, 6) is -7.55. The summed E-state index contributed by atoms with van der Waals surface area (Å²) in [6.45, 7) is 4.97. The Morgan fingerprint density at radius 3 is 1.02 bits per heavy atom. The minimum atomic E-state index is -1.61. The average Bonchev–Trinajstić information content (AvgIpc) is 1.55. The Morgan fingerprint density at radius 1 is 0.442 bits per heavy atom. The standard InChI is InChI=1S/C17H27BN4O6.C17H26BN3O6.2C16H22BN5O6.C16H27BN4O6/c1-21(16(8-19)4-5-16)11-12(14(24)13(11)23)22-7-10(3-2-6-18(27)28)17(20,9-22)15(25)26;1-16(5-3-6-16)20-11-12(14(23)13(11)22)21-8-10(4-2-7-18(26)27)17(19,9-21)15(24)25;1-21(10-4-6-19-20-10)11-12(14(24)13(11)23)22-7-9(3-2-5-17(27)28)16(18,8-22)15(25)26;1-21(15-19-5-6-20-15)10-11(13(24)12(10)23)22-7-9(3-2-4-17(27)28)16(18,8-22)14(25)26;1-9(6-18)20(2)11-12(14(23)13(11)22)21-7-10(4-3-5-17(26)27)16(19,8-21)15(24)25/h10,27-28H,2-9,19-20H2,1H3,(H,25,26);10,20,26-27H,2-9,19H2,1H3,(H,24,25);4,6,9,27-28H,2-3,5,7-8,18H2,1H3,(H,19,20)(H,25,26);5-6,9,27-28H,2-4,7-8,18H2,1H3,(H,19,20)(H,25,26);9-10,26-27H,3-8,18-19H2,1-2H3,(H,24,25)/t2*10-,17-;2*9-,16-;9?,10-,16-/m00000/s1. The number of nitrogens with two attached hydrogens (primary N) is 7. The number of H-pyrrole nitrogens is 2. The molecule has 5 aromatic carbocycles. The van der Waals surface area contributed by atoms with Crippen LogP contribution in [0.5, 0.6) is 0 Å². The second-order valence-corrected chi connectivity index (χ2v) is 38.2. The van der Waals surface area contributed by atoms with Crippen molar-refractivity contribution < 1.29 is 99.7 Å². The third-order valence-electron chi connectivity index (χ3n) is 28.9. The van der Waals surface area contributed by atoms with Gasteiger partial charge in [0.15, 0.2) is 0 Å². The second-order valence-electron chi connectivity index (χ2n) is 38.2. The molecule has 2 aliphatic carbocycles. The molecule has 0 amide bonds. The lowest BCUT2D eigenvalue weighted by atomic mass is 9.78. The molecule has 7 heterocycles. The van der Waals surface area contributed by atoms with Crippen molar-refractivity contribution in [3.8, 4) is 0 Å². The molecule has 32 N–H and O–H groups in total. The molecule has 5 saturated heterocycles. The average molecular weight is 1940 g/mol. The fourth-order valence-corrected chi connectivity index (χ4v) is 19.6. The number of hydrogen-bond acceptors (Lipinski definition) is 44. The van der Waals surface area contributed by atoms with Gasteiger partial charge >= 0.3 is 65.4 Å². The summed E-state index contributed by atoms with van der Waals surface area (Å²) in [6, 6.07) is 1.47. The van der Waals surface area contributed by atoms with Crippen molar-refractivity contribution in [2.24, 2.45) is 69.7 Å². The van der Waals surface area contributed by atoms with Gasteiger partial charge in [-0.3, -0.25) is 77.0 Å². The summed E-state index contributed by atoms with van der Waals surface area (Å²) in [5.41, 5.74) is 29.4. The van der Waals surface area contributed by atoms with E-state index in [4.69, 9.17) is 90.4 Å². The number of likely N-dealkylation sites (N-methyl/N-ethyl adjacent to an activating group) is 2. The van der Waals surface area contributed by atoms with Crippen LogP contribution >= 0.6 is 0 Å². The molecule has 752 valence electrons. The lowest BCUT2D eigenvalue weighted by Gasteiger charge is -2.41. The van der Waals surface area contributed by atoms with Crippen LogP contribution in [0.1, 0.15) is 110 Å². The summed E-state index contributed by atoms with van der Waals surface area (Å²) in [4.78, 5) is 202. The van der Waals surface area contributed by atoms with E-state index in [9.17, 15) is 97.5 Å². The van der Waals surface area contributed by atoms with Crippen molar-refractivity contribution in [2.75, 3.05) is 156 Å². The number of nitrogens with zero attached hydrogens (tertiary/aromatic N) is 11. The highest BCUT2D eigenvalue weighted by molar-refractivity contribution is 6.42. The molecule has 2 saturated carbocycles. The van der Waals surface area contributed by atoms with Gasteiger partial charge in [0, 0.05) is 166 Å². The molecular formula is C82H124B5N21O30. The summed E-state index contributed by atoms with van der Waals surface area (Å²) >= 11 is 0. The van der Waals surface area contributed by atoms with Crippen molar-refractivity contribution >= 4 is 134 Å². The first kappa shape index (κ1) is 109. The van der Waals surface area contributed by atoms with Crippen LogP contribution in [0.15, 0.2) is 72.6 Å². The van der Waals surface area contributed by atoms with Crippen LogP contribution in [0.4, 0.5) is 68.6 Å². The molecule has 0 radical (unpaired) electrons. The van der Waals surface area contributed by atoms with Gasteiger partial charge in [0.2, 0.25) is 5.95 Å². The van der Waals surface area contributed by atoms with Gasteiger partial charge in [-0.2, -0.15) is 5.10 Å². The van der Waals surface area contributed by atoms with Crippen LogP contribution in [-0.2, 0) is 24.0 Å². The number of carboxylic acid groups (broad SMARTS) is 5. The molecule has 11 atom stereocenters. The number of hydrogen-bond donors (Lipinski definition) is 25. The Hall–Kier alpha value is -11.2. The number of rotatable bonds is 42. The molecule has 51 nitrogen and oxygen atoms in total. The molecule has 56 heteroatoms. The first-order valence-corrected chi connectivity index (χ1v) is 45.5. The molecule has 7 aliphatic rings. The van der Waals surface area contributed by atoms with Crippen LogP contribution < -0.4 is 144 Å². The highest BCUT2D eigenvalue weighted by Crippen LogP contribution is 2.47. The molecule has 7 fully saturated rings. The fraction of sp³-hybridized carbons (Fsp3) is 0.622. The summed E-state index contributed by atoms with van der Waals surface area (Å²) in [5, 5.41) is 148. The van der Waals surface area contributed by atoms with E-state index in [0.717, 1.165) is 32.1 Å². The maximum Gasteiger partial charge on any atom is 0.451 e. The Bertz CT molecular complexity index is 5720. The smallest absolute Gasteiger partial charge is 0.451 e. The van der Waals surface area contributed by atoms with Gasteiger partial charge in [-0.1, -0.05) is 32.1 Å². The minimum absolute atomic E-state index is 0.0646. The number of carboxylic acids is 5. The van der Waals surface area contributed by atoms with E-state index in [1.54, 1.807) is 69.9 Å². The molecule has 138 heavy (non-hydrogen) atoms. The first-order valence-electron chi connectivity index (χ1n) is 45.5. The molecule has 0 bridgehead atoms. The maximum atomic E-state index is 12.3. The van der Waals surface area contributed by atoms with Crippen molar-refractivity contribution in [1.29, 1.82) is 0 Å². The Kier molecular flexibility index (Phi) is 34.1. The third-order valence-corrected chi connectivity index (χ3v) is 28.9. The highest BCUT2D eigenvalue weighted by atomic mass is 16.4. The van der Waals surface area contributed by atoms with Gasteiger partial charge in [0.05, 0.1) is 11.7 Å². The zero-order valence-electron chi connectivity index (χ0n) is 77.6. The van der Waals surface area contributed by atoms with E-state index >= 15 is 0 Å². The lowest BCUT2D eigenvalue weighted by Crippen LogP contribution is -2.55. The first-order chi connectivity index (χ1) is 64.5. The molecule has 5 aliphatic heterocycles. The zero-order chi connectivity index (χ0) is 103. The Labute approximate surface area is 789 Å². The third kappa shape index (κ3) is 22.0. The van der Waals surface area contributed by atoms with Crippen molar-refractivity contribution in [3.05, 3.63) is 127 Å². The van der Waals surface area contributed by atoms with Gasteiger partial charge in [-0.15, -0.1) is 0 Å². The number of imidazole rings is 1. The maximum absolute atomic E-state index is 12.3. The van der Waals surface area contributed by atoms with Gasteiger partial charge in [0.1, 0.15) is 90.4 Å². The van der Waals surface area contributed by atoms with E-state index in [1.807, 2.05) is 13.8 Å². The molecule has 1 unspecified atom stereocenters. The van der Waals surface area contributed by atoms with Gasteiger partial charge in [0.25, 0.3) is 54.3 Å². The van der Waals surface area contributed by atoms with E-state index in [1.165, 1.54) is 27.1 Å². The Morgan fingerprint density at radius 2 is 0.746 bits per heavy atom. The fourth-order valence-electron chi connectivity index (χ4n) is 19.6. The van der Waals surface area contributed by atoms with Crippen molar-refractivity contribution in [3.63, 3.8) is 0 Å². The number of aromatic nitrogens is 4. The lowest BCUT2D eigenvalue weighted by molar-refractivity contribution is -0.145. The Balaban J connectivity index is 0.000000178. The normalized spacial score (nSPS) is 24.1. The van der Waals surface area contributed by atoms with Crippen molar-refractivity contribution in [2.45, 2.75) is 187 Å². The minimum Gasteiger partial charge on any atom is -0.480 e. The number of aliphatic carboxylic acids is 5. The predicted molar refractivity (Wildman–Crippen MR) is 515 cm³/mol. The molecule has 14 rings (SSSR count). The van der Waals surface area contributed by atoms with E-state index < -0.39 is 177 Å². The van der Waals surface area contributed by atoms with Crippen LogP contribution in [0.25, 0.3) is 0 Å². The number of anilines is 12. The van der Waals surface area contributed by atoms with E-state index in [2.05, 4.69) is 25.5 Å². The molecule has 2 aromatic heterocycles. The highest BCUT2D eigenvalue weighted by Gasteiger charge is 2.58. The zero-order valence-corrected chi connectivity index (χ0v) is 77.6. The summed E-state index contributed by atoms with van der Waals surface area (Å²) in [7, 11) is -0.734. The summed E-state index contributed by atoms with van der Waals surface area (Å²) < 4.78 is 0. The number of nitrogens with one attached hydrogen (secondary N) is 3. The number of aromatic amines is 2. The van der Waals surface area contributed by atoms with E-state index in [-0.39, 0.29) is 178 Å². The monoisotopic (exact) mass is 1940 g/mol. The summed E-state index contributed by atoms with van der Waals surface area (Å²) in [6.07, 6.45) is 13.4. The van der Waals surface area contributed by atoms with E-state index in [0.29, 0.717) is 82.5 Å². The van der Waals surface area contributed by atoms with Gasteiger partial charge in [-0.05, 0) is 110 Å². The quantitative estimate of drug-likeness (QED) is 0.0125. The van der Waals surface area contributed by atoms with Crippen LogP contribution in [-0.4, -0.2) is 313 Å². The van der Waals surface area contributed by atoms with Crippen molar-refractivity contribution in [1.82, 2.24) is 20.2 Å². The van der Waals surface area contributed by atoms with Crippen LogP contribution in [0.3, 0.4) is 0 Å². The van der Waals surface area contributed by atoms with Gasteiger partial charge in [-0.25, -0.2) is 4.98 Å². The predicted octanol–water partition coefficient (Wildman–Crippen LogP) is -9.18. The number of carbonyl (C=O) groups is 5.